The second-order valence-corrected chi connectivity index (χ2v) is 24.3. The fraction of sp³-hybridized carbons (Fsp3) is 0.139. The fourth-order valence-electron chi connectivity index (χ4n) is 13.3. The minimum atomic E-state index is -2.61. The van der Waals surface area contributed by atoms with E-state index in [4.69, 9.17) is 0 Å². The summed E-state index contributed by atoms with van der Waals surface area (Å²) in [5, 5.41) is 5.56. The fourth-order valence-corrected chi connectivity index (χ4v) is 18.1. The van der Waals surface area contributed by atoms with E-state index in [1.165, 1.54) is 93.2 Å². The molecule has 0 aliphatic heterocycles. The first-order chi connectivity index (χ1) is 36.4. The summed E-state index contributed by atoms with van der Waals surface area (Å²) in [5.74, 6) is 0. The van der Waals surface area contributed by atoms with Gasteiger partial charge in [0.2, 0.25) is 0 Å². The Balaban J connectivity index is 0.856. The molecular formula is C72H63NSi. The van der Waals surface area contributed by atoms with Gasteiger partial charge in [-0.2, -0.15) is 0 Å². The monoisotopic (exact) mass is 969 g/mol. The van der Waals surface area contributed by atoms with E-state index in [1.807, 2.05) is 0 Å². The molecule has 360 valence electrons. The zero-order valence-corrected chi connectivity index (χ0v) is 44.1. The highest BCUT2D eigenvalue weighted by Crippen LogP contribution is 2.56. The highest BCUT2D eigenvalue weighted by Gasteiger charge is 2.44. The van der Waals surface area contributed by atoms with Crippen LogP contribution in [0.4, 0.5) is 17.1 Å². The molecule has 0 amide bonds. The predicted molar refractivity (Wildman–Crippen MR) is 319 cm³/mol. The van der Waals surface area contributed by atoms with Gasteiger partial charge in [0, 0.05) is 27.9 Å². The van der Waals surface area contributed by atoms with Crippen LogP contribution in [0.2, 0.25) is 0 Å². The van der Waals surface area contributed by atoms with E-state index in [-0.39, 0.29) is 10.8 Å². The highest BCUT2D eigenvalue weighted by atomic mass is 28.3. The molecule has 2 aliphatic rings. The average Bonchev–Trinajstić information content (AvgIpc) is 3.93. The number of anilines is 3. The van der Waals surface area contributed by atoms with Gasteiger partial charge in [0.15, 0.2) is 8.07 Å². The molecule has 0 fully saturated rings. The van der Waals surface area contributed by atoms with E-state index in [2.05, 4.69) is 293 Å². The summed E-state index contributed by atoms with van der Waals surface area (Å²) >= 11 is 0. The molecule has 10 aromatic carbocycles. The molecule has 0 N–H and O–H groups in total. The van der Waals surface area contributed by atoms with Gasteiger partial charge in [-0.3, -0.25) is 0 Å². The molecular weight excluding hydrogens is 907 g/mol. The number of rotatable bonds is 14. The SMILES string of the molecule is CCC1(CC)c2cc(/C=C/c3ccc4c(c3)C(CC)(CC)c3cc(N(c5ccccc5)c5ccccc5)ccc3-4)ccc2-c2ccc(-c3ccc([Si](c4ccccc4)(c4ccccc4)c4ccccc4)cc3)cc21. The number of fused-ring (bicyclic) bond motifs is 6. The Morgan fingerprint density at radius 2 is 0.649 bits per heavy atom. The Kier molecular flexibility index (Phi) is 12.3. The van der Waals surface area contributed by atoms with Crippen LogP contribution in [0.1, 0.15) is 86.8 Å². The molecule has 10 aromatic rings. The van der Waals surface area contributed by atoms with Gasteiger partial charge in [0.1, 0.15) is 0 Å². The van der Waals surface area contributed by atoms with Gasteiger partial charge in [-0.05, 0) is 156 Å². The third-order valence-electron chi connectivity index (χ3n) is 17.2. The summed E-state index contributed by atoms with van der Waals surface area (Å²) in [6.07, 6.45) is 8.82. The molecule has 0 bridgehead atoms. The van der Waals surface area contributed by atoms with Crippen LogP contribution in [0.25, 0.3) is 45.5 Å². The molecule has 0 saturated heterocycles. The minimum absolute atomic E-state index is 0.0723. The first-order valence-corrected chi connectivity index (χ1v) is 28.9. The van der Waals surface area contributed by atoms with Crippen molar-refractivity contribution < 1.29 is 0 Å². The van der Waals surface area contributed by atoms with Crippen LogP contribution in [0, 0.1) is 0 Å². The lowest BCUT2D eigenvalue weighted by Gasteiger charge is -2.34. The molecule has 2 heteroatoms. The summed E-state index contributed by atoms with van der Waals surface area (Å²) in [6, 6.07) is 93.6. The molecule has 0 heterocycles. The molecule has 0 saturated carbocycles. The Bertz CT molecular complexity index is 3490. The van der Waals surface area contributed by atoms with Gasteiger partial charge in [-0.1, -0.05) is 246 Å². The van der Waals surface area contributed by atoms with Crippen LogP contribution in [0.3, 0.4) is 0 Å². The minimum Gasteiger partial charge on any atom is -0.310 e. The first kappa shape index (κ1) is 47.0. The van der Waals surface area contributed by atoms with E-state index >= 15 is 0 Å². The van der Waals surface area contributed by atoms with Crippen molar-refractivity contribution in [1.82, 2.24) is 0 Å². The van der Waals surface area contributed by atoms with Crippen molar-refractivity contribution in [2.45, 2.75) is 64.2 Å². The summed E-state index contributed by atoms with van der Waals surface area (Å²) in [7, 11) is -2.61. The number of nitrogens with zero attached hydrogens (tertiary/aromatic N) is 1. The van der Waals surface area contributed by atoms with Crippen molar-refractivity contribution in [2.24, 2.45) is 0 Å². The summed E-state index contributed by atoms with van der Waals surface area (Å²) in [6.45, 7) is 9.51. The van der Waals surface area contributed by atoms with Crippen molar-refractivity contribution in [3.05, 3.63) is 282 Å². The maximum Gasteiger partial charge on any atom is 0.179 e. The van der Waals surface area contributed by atoms with Crippen LogP contribution in [0.5, 0.6) is 0 Å². The molecule has 0 radical (unpaired) electrons. The van der Waals surface area contributed by atoms with Gasteiger partial charge in [-0.25, -0.2) is 0 Å². The van der Waals surface area contributed by atoms with Gasteiger partial charge < -0.3 is 4.90 Å². The van der Waals surface area contributed by atoms with Crippen LogP contribution >= 0.6 is 0 Å². The first-order valence-electron chi connectivity index (χ1n) is 26.9. The third-order valence-corrected chi connectivity index (χ3v) is 22.0. The number of para-hydroxylation sites is 2. The van der Waals surface area contributed by atoms with E-state index in [1.54, 1.807) is 0 Å². The highest BCUT2D eigenvalue weighted by molar-refractivity contribution is 7.19. The maximum atomic E-state index is 2.52. The smallest absolute Gasteiger partial charge is 0.179 e. The van der Waals surface area contributed by atoms with Crippen molar-refractivity contribution in [3.63, 3.8) is 0 Å². The Morgan fingerprint density at radius 3 is 1.07 bits per heavy atom. The summed E-state index contributed by atoms with van der Waals surface area (Å²) in [4.78, 5) is 2.39. The molecule has 0 unspecified atom stereocenters. The Morgan fingerprint density at radius 1 is 0.311 bits per heavy atom. The Hall–Kier alpha value is -8.04. The standard InChI is InChI=1S/C72H63NSi/c1-5-71(6-2)67-48-52(34-35-53-37-45-64-66-47-41-58(51-70(66)72(7-3,8-4)68(64)49-53)73(56-24-14-9-15-25-56)57-26-16-10-17-27-57)36-44-63(67)65-46-40-55(50-69(65)71)54-38-42-62(43-39-54)74(59-28-18-11-19-29-59,60-30-20-12-21-31-60)61-32-22-13-23-33-61/h9-51H,5-8H2,1-4H3/b35-34+. The molecule has 0 atom stereocenters. The second-order valence-electron chi connectivity index (χ2n) is 20.4. The third kappa shape index (κ3) is 7.57. The normalized spacial score (nSPS) is 13.8. The van der Waals surface area contributed by atoms with E-state index in [0.717, 1.165) is 37.1 Å². The molecule has 74 heavy (non-hydrogen) atoms. The van der Waals surface area contributed by atoms with Gasteiger partial charge in [0.05, 0.1) is 0 Å². The second kappa shape index (κ2) is 19.4. The molecule has 12 rings (SSSR count). The van der Waals surface area contributed by atoms with E-state index in [9.17, 15) is 0 Å². The van der Waals surface area contributed by atoms with Crippen LogP contribution < -0.4 is 25.6 Å². The maximum absolute atomic E-state index is 2.61. The van der Waals surface area contributed by atoms with Gasteiger partial charge >= 0.3 is 0 Å². The van der Waals surface area contributed by atoms with Gasteiger partial charge in [-0.15, -0.1) is 0 Å². The number of benzene rings is 10. The Labute approximate surface area is 440 Å². The number of hydrogen-bond donors (Lipinski definition) is 0. The summed E-state index contributed by atoms with van der Waals surface area (Å²) in [5.41, 5.74) is 19.6. The average molecular weight is 970 g/mol. The zero-order chi connectivity index (χ0) is 50.3. The van der Waals surface area contributed by atoms with Crippen LogP contribution in [0.15, 0.2) is 249 Å². The van der Waals surface area contributed by atoms with Gasteiger partial charge in [0.25, 0.3) is 0 Å². The van der Waals surface area contributed by atoms with Crippen LogP contribution in [-0.4, -0.2) is 8.07 Å². The topological polar surface area (TPSA) is 3.24 Å². The van der Waals surface area contributed by atoms with Crippen LogP contribution in [-0.2, 0) is 10.8 Å². The van der Waals surface area contributed by atoms with Crippen molar-refractivity contribution in [3.8, 4) is 33.4 Å². The lowest BCUT2D eigenvalue weighted by Crippen LogP contribution is -2.74. The number of hydrogen-bond acceptors (Lipinski definition) is 1. The molecule has 0 aromatic heterocycles. The zero-order valence-electron chi connectivity index (χ0n) is 43.1. The predicted octanol–water partition coefficient (Wildman–Crippen LogP) is 16.5. The van der Waals surface area contributed by atoms with E-state index in [0.29, 0.717) is 0 Å². The molecule has 2 aliphatic carbocycles. The molecule has 0 spiro atoms. The molecule has 1 nitrogen and oxygen atoms in total. The quantitative estimate of drug-likeness (QED) is 0.0596. The summed E-state index contributed by atoms with van der Waals surface area (Å²) < 4.78 is 0. The lowest BCUT2D eigenvalue weighted by atomic mass is 9.73. The lowest BCUT2D eigenvalue weighted by molar-refractivity contribution is 0.490. The van der Waals surface area contributed by atoms with Crippen molar-refractivity contribution in [1.29, 1.82) is 0 Å². The van der Waals surface area contributed by atoms with Crippen molar-refractivity contribution in [2.75, 3.05) is 4.90 Å². The largest absolute Gasteiger partial charge is 0.310 e. The van der Waals surface area contributed by atoms with E-state index < -0.39 is 8.07 Å². The van der Waals surface area contributed by atoms with Crippen molar-refractivity contribution >= 4 is 58.0 Å².